The van der Waals surface area contributed by atoms with Gasteiger partial charge in [-0.3, -0.25) is 4.90 Å². The second-order valence-electron chi connectivity index (χ2n) is 9.11. The highest BCUT2D eigenvalue weighted by atomic mass is 16.5. The number of fused-ring (bicyclic) bond motifs is 1. The Morgan fingerprint density at radius 3 is 2.49 bits per heavy atom. The summed E-state index contributed by atoms with van der Waals surface area (Å²) in [6, 6.07) is 14.9. The third kappa shape index (κ3) is 5.26. The number of imidazole rings is 1. The Balaban J connectivity index is 1.42. The molecule has 7 heteroatoms. The predicted molar refractivity (Wildman–Crippen MR) is 137 cm³/mol. The maximum atomic E-state index is 5.59. The maximum Gasteiger partial charge on any atom is 0.141 e. The SMILES string of the molecule is CCOc1ccc(CCc2nc3cc(-c4c(C)noc4C)ccc3n2CCN2CCOCC2)cc1. The van der Waals surface area contributed by atoms with E-state index in [1.54, 1.807) is 0 Å². The molecule has 0 atom stereocenters. The Labute approximate surface area is 206 Å². The number of aryl methyl sites for hydroxylation is 4. The van der Waals surface area contributed by atoms with E-state index in [4.69, 9.17) is 19.0 Å². The van der Waals surface area contributed by atoms with Crippen molar-refractivity contribution in [2.45, 2.75) is 40.2 Å². The van der Waals surface area contributed by atoms with Gasteiger partial charge < -0.3 is 18.6 Å². The molecule has 35 heavy (non-hydrogen) atoms. The van der Waals surface area contributed by atoms with Crippen LogP contribution in [0.3, 0.4) is 0 Å². The molecule has 1 saturated heterocycles. The third-order valence-corrected chi connectivity index (χ3v) is 6.76. The van der Waals surface area contributed by atoms with Crippen molar-refractivity contribution in [3.8, 4) is 16.9 Å². The van der Waals surface area contributed by atoms with Crippen molar-refractivity contribution < 1.29 is 14.0 Å². The topological polar surface area (TPSA) is 65.6 Å². The summed E-state index contributed by atoms with van der Waals surface area (Å²) in [4.78, 5) is 7.59. The number of ether oxygens (including phenoxy) is 2. The molecule has 3 heterocycles. The van der Waals surface area contributed by atoms with E-state index in [0.29, 0.717) is 6.61 Å². The van der Waals surface area contributed by atoms with Gasteiger partial charge in [-0.25, -0.2) is 4.98 Å². The van der Waals surface area contributed by atoms with Gasteiger partial charge >= 0.3 is 0 Å². The fourth-order valence-corrected chi connectivity index (χ4v) is 4.91. The molecule has 0 amide bonds. The first kappa shape index (κ1) is 23.6. The number of hydrogen-bond donors (Lipinski definition) is 0. The summed E-state index contributed by atoms with van der Waals surface area (Å²) in [5.74, 6) is 2.88. The quantitative estimate of drug-likeness (QED) is 0.346. The van der Waals surface area contributed by atoms with Gasteiger partial charge in [0.2, 0.25) is 0 Å². The van der Waals surface area contributed by atoms with Crippen molar-refractivity contribution in [3.05, 3.63) is 65.3 Å². The number of morpholine rings is 1. The molecule has 5 rings (SSSR count). The molecule has 0 saturated carbocycles. The van der Waals surface area contributed by atoms with E-state index in [-0.39, 0.29) is 0 Å². The van der Waals surface area contributed by atoms with Gasteiger partial charge in [0.15, 0.2) is 0 Å². The summed E-state index contributed by atoms with van der Waals surface area (Å²) in [6.45, 7) is 12.2. The number of rotatable bonds is 9. The van der Waals surface area contributed by atoms with Gasteiger partial charge in [0.05, 0.1) is 36.5 Å². The number of aromatic nitrogens is 3. The minimum Gasteiger partial charge on any atom is -0.494 e. The first-order valence-electron chi connectivity index (χ1n) is 12.6. The molecule has 1 aliphatic rings. The molecule has 0 radical (unpaired) electrons. The van der Waals surface area contributed by atoms with Crippen molar-refractivity contribution in [2.75, 3.05) is 39.5 Å². The van der Waals surface area contributed by atoms with E-state index >= 15 is 0 Å². The van der Waals surface area contributed by atoms with Crippen molar-refractivity contribution in [2.24, 2.45) is 0 Å². The molecule has 1 aliphatic heterocycles. The fraction of sp³-hybridized carbons (Fsp3) is 0.429. The molecule has 0 spiro atoms. The summed E-state index contributed by atoms with van der Waals surface area (Å²) < 4.78 is 18.9. The Morgan fingerprint density at radius 1 is 0.971 bits per heavy atom. The smallest absolute Gasteiger partial charge is 0.141 e. The Bertz CT molecular complexity index is 1250. The van der Waals surface area contributed by atoms with Crippen LogP contribution in [0.5, 0.6) is 5.75 Å². The largest absolute Gasteiger partial charge is 0.494 e. The van der Waals surface area contributed by atoms with E-state index in [1.165, 1.54) is 11.1 Å². The first-order chi connectivity index (χ1) is 17.1. The van der Waals surface area contributed by atoms with Gasteiger partial charge in [-0.05, 0) is 62.6 Å². The molecule has 0 aliphatic carbocycles. The minimum atomic E-state index is 0.683. The molecular formula is C28H34N4O3. The highest BCUT2D eigenvalue weighted by molar-refractivity contribution is 5.83. The minimum absolute atomic E-state index is 0.683. The summed E-state index contributed by atoms with van der Waals surface area (Å²) in [7, 11) is 0. The number of benzene rings is 2. The van der Waals surface area contributed by atoms with Crippen LogP contribution in [0, 0.1) is 13.8 Å². The Morgan fingerprint density at radius 2 is 1.77 bits per heavy atom. The molecule has 7 nitrogen and oxygen atoms in total. The van der Waals surface area contributed by atoms with Gasteiger partial charge in [-0.2, -0.15) is 0 Å². The lowest BCUT2D eigenvalue weighted by atomic mass is 10.0. The van der Waals surface area contributed by atoms with Crippen LogP contribution in [-0.4, -0.2) is 59.1 Å². The summed E-state index contributed by atoms with van der Waals surface area (Å²) in [6.07, 6.45) is 1.82. The second kappa shape index (κ2) is 10.6. The monoisotopic (exact) mass is 474 g/mol. The number of nitrogens with zero attached hydrogens (tertiary/aromatic N) is 4. The molecule has 4 aromatic rings. The van der Waals surface area contributed by atoms with Crippen molar-refractivity contribution in [1.29, 1.82) is 0 Å². The fourth-order valence-electron chi connectivity index (χ4n) is 4.91. The zero-order chi connectivity index (χ0) is 24.2. The highest BCUT2D eigenvalue weighted by Gasteiger charge is 2.17. The molecule has 0 bridgehead atoms. The predicted octanol–water partition coefficient (Wildman–Crippen LogP) is 4.82. The Kier molecular flexibility index (Phi) is 7.16. The van der Waals surface area contributed by atoms with Crippen LogP contribution in [-0.2, 0) is 24.1 Å². The van der Waals surface area contributed by atoms with Crippen LogP contribution >= 0.6 is 0 Å². The average Bonchev–Trinajstić information content (AvgIpc) is 3.41. The normalized spacial score (nSPS) is 14.6. The van der Waals surface area contributed by atoms with Gasteiger partial charge in [-0.15, -0.1) is 0 Å². The lowest BCUT2D eigenvalue weighted by molar-refractivity contribution is 0.0364. The van der Waals surface area contributed by atoms with Gasteiger partial charge in [-0.1, -0.05) is 23.4 Å². The molecule has 0 N–H and O–H groups in total. The van der Waals surface area contributed by atoms with E-state index in [0.717, 1.165) is 91.9 Å². The van der Waals surface area contributed by atoms with Crippen LogP contribution < -0.4 is 4.74 Å². The summed E-state index contributed by atoms with van der Waals surface area (Å²) in [5, 5.41) is 4.13. The maximum absolute atomic E-state index is 5.59. The zero-order valence-electron chi connectivity index (χ0n) is 20.9. The average molecular weight is 475 g/mol. The lowest BCUT2D eigenvalue weighted by Gasteiger charge is -2.27. The van der Waals surface area contributed by atoms with Crippen LogP contribution in [0.1, 0.15) is 29.8 Å². The van der Waals surface area contributed by atoms with Crippen molar-refractivity contribution >= 4 is 11.0 Å². The molecule has 184 valence electrons. The van der Waals surface area contributed by atoms with Crippen LogP contribution in [0.2, 0.25) is 0 Å². The van der Waals surface area contributed by atoms with E-state index in [1.807, 2.05) is 20.8 Å². The number of hydrogen-bond acceptors (Lipinski definition) is 6. The lowest BCUT2D eigenvalue weighted by Crippen LogP contribution is -2.38. The standard InChI is InChI=1S/C28H34N4O3/c1-4-34-24-9-5-22(6-10-24)7-12-27-29-25-19-23(28-20(2)30-35-21(28)3)8-11-26(25)32(27)14-13-31-15-17-33-18-16-31/h5-6,8-11,19H,4,7,12-18H2,1-3H3. The van der Waals surface area contributed by atoms with Gasteiger partial charge in [0.25, 0.3) is 0 Å². The summed E-state index contributed by atoms with van der Waals surface area (Å²) >= 11 is 0. The van der Waals surface area contributed by atoms with Crippen LogP contribution in [0.15, 0.2) is 47.0 Å². The summed E-state index contributed by atoms with van der Waals surface area (Å²) in [5.41, 5.74) is 6.55. The Hall–Kier alpha value is -3.16. The van der Waals surface area contributed by atoms with Crippen LogP contribution in [0.25, 0.3) is 22.2 Å². The molecule has 1 fully saturated rings. The molecule has 2 aromatic heterocycles. The molecule has 0 unspecified atom stereocenters. The van der Waals surface area contributed by atoms with E-state index in [9.17, 15) is 0 Å². The zero-order valence-corrected chi connectivity index (χ0v) is 20.9. The second-order valence-corrected chi connectivity index (χ2v) is 9.11. The van der Waals surface area contributed by atoms with Gasteiger partial charge in [0, 0.05) is 38.2 Å². The first-order valence-corrected chi connectivity index (χ1v) is 12.6. The van der Waals surface area contributed by atoms with Crippen molar-refractivity contribution in [1.82, 2.24) is 19.6 Å². The van der Waals surface area contributed by atoms with E-state index < -0.39 is 0 Å². The van der Waals surface area contributed by atoms with Crippen LogP contribution in [0.4, 0.5) is 0 Å². The van der Waals surface area contributed by atoms with E-state index in [2.05, 4.69) is 57.1 Å². The molecule has 2 aromatic carbocycles. The highest BCUT2D eigenvalue weighted by Crippen LogP contribution is 2.30. The van der Waals surface area contributed by atoms with Crippen molar-refractivity contribution in [3.63, 3.8) is 0 Å². The third-order valence-electron chi connectivity index (χ3n) is 6.76. The van der Waals surface area contributed by atoms with Gasteiger partial charge in [0.1, 0.15) is 17.3 Å². The molecular weight excluding hydrogens is 440 g/mol.